The number of allylic oxidation sites excluding steroid dienone is 1. The number of carbonyl (C=O) groups excluding carboxylic acids is 2. The zero-order valence-corrected chi connectivity index (χ0v) is 23.6. The largest absolute Gasteiger partial charge is 0.508 e. The molecule has 0 N–H and O–H groups in total. The Kier molecular flexibility index (Phi) is 9.61. The van der Waals surface area contributed by atoms with Crippen molar-refractivity contribution < 1.29 is 19.1 Å². The van der Waals surface area contributed by atoms with Crippen LogP contribution in [0.4, 0.5) is 4.79 Å². The smallest absolute Gasteiger partial charge is 0.434 e. The summed E-state index contributed by atoms with van der Waals surface area (Å²) in [4.78, 5) is 24.8. The second-order valence-electron chi connectivity index (χ2n) is 12.9. The normalized spacial score (nSPS) is 37.5. The molecule has 36 heavy (non-hydrogen) atoms. The third kappa shape index (κ3) is 5.88. The number of hydrogen-bond acceptors (Lipinski definition) is 4. The van der Waals surface area contributed by atoms with Crippen molar-refractivity contribution in [1.82, 2.24) is 0 Å². The van der Waals surface area contributed by atoms with Crippen molar-refractivity contribution in [3.8, 4) is 0 Å². The fourth-order valence-electron chi connectivity index (χ4n) is 9.04. The van der Waals surface area contributed by atoms with Crippen LogP contribution in [0.5, 0.6) is 0 Å². The van der Waals surface area contributed by atoms with Gasteiger partial charge < -0.3 is 9.47 Å². The SMILES string of the molecule is CCCCCCCCCCOC(=O)O[C@H]1CC[C@H]2[C@@H]3[C@H](CC)CC4=CC(=O)CC[C@@H]4[C@H]3[C@@H](C)C[C@]12C. The molecule has 8 atom stereocenters. The van der Waals surface area contributed by atoms with E-state index in [4.69, 9.17) is 9.47 Å². The lowest BCUT2D eigenvalue weighted by Gasteiger charge is -2.58. The van der Waals surface area contributed by atoms with Gasteiger partial charge in [-0.3, -0.25) is 4.79 Å². The standard InChI is InChI=1S/C32H52O4/c1-5-7-8-9-10-11-12-13-18-35-31(34)36-28-17-16-27-30-23(6-2)19-24-20-25(33)14-15-26(24)29(30)22(3)21-32(27,28)4/h20,22-23,26-30H,5-19,21H2,1-4H3/t22-,23+,26-,27-,28-,29+,30-,32-/m0/s1. The highest BCUT2D eigenvalue weighted by atomic mass is 16.7. The van der Waals surface area contributed by atoms with Crippen LogP contribution in [-0.4, -0.2) is 24.6 Å². The fraction of sp³-hybridized carbons (Fsp3) is 0.875. The molecule has 4 aliphatic rings. The van der Waals surface area contributed by atoms with E-state index in [2.05, 4.69) is 27.7 Å². The number of fused-ring (bicyclic) bond motifs is 5. The van der Waals surface area contributed by atoms with E-state index in [1.807, 2.05) is 6.08 Å². The molecule has 4 nitrogen and oxygen atoms in total. The minimum absolute atomic E-state index is 0.0284. The Bertz CT molecular complexity index is 787. The molecule has 3 fully saturated rings. The van der Waals surface area contributed by atoms with Gasteiger partial charge in [0.15, 0.2) is 5.78 Å². The molecule has 0 radical (unpaired) electrons. The van der Waals surface area contributed by atoms with Crippen LogP contribution in [0.2, 0.25) is 0 Å². The van der Waals surface area contributed by atoms with Crippen molar-refractivity contribution in [1.29, 1.82) is 0 Å². The molecule has 0 aromatic rings. The Balaban J connectivity index is 1.31. The molecule has 0 bridgehead atoms. The Labute approximate surface area is 220 Å². The highest BCUT2D eigenvalue weighted by Crippen LogP contribution is 2.65. The predicted molar refractivity (Wildman–Crippen MR) is 145 cm³/mol. The summed E-state index contributed by atoms with van der Waals surface area (Å²) in [6.45, 7) is 9.89. The lowest BCUT2D eigenvalue weighted by molar-refractivity contribution is -0.120. The highest BCUT2D eigenvalue weighted by Gasteiger charge is 2.61. The third-order valence-corrected chi connectivity index (χ3v) is 10.7. The molecule has 0 unspecified atom stereocenters. The summed E-state index contributed by atoms with van der Waals surface area (Å²) in [7, 11) is 0. The van der Waals surface area contributed by atoms with Crippen molar-refractivity contribution in [3.05, 3.63) is 11.6 Å². The number of unbranched alkanes of at least 4 members (excludes halogenated alkanes) is 7. The molecule has 0 aromatic heterocycles. The van der Waals surface area contributed by atoms with Crippen LogP contribution < -0.4 is 0 Å². The van der Waals surface area contributed by atoms with Gasteiger partial charge in [0.05, 0.1) is 6.61 Å². The molecule has 0 spiro atoms. The van der Waals surface area contributed by atoms with Gasteiger partial charge in [-0.25, -0.2) is 4.79 Å². The van der Waals surface area contributed by atoms with Crippen LogP contribution in [0.1, 0.15) is 124 Å². The molecule has 4 aliphatic carbocycles. The molecule has 204 valence electrons. The summed E-state index contributed by atoms with van der Waals surface area (Å²) in [5, 5.41) is 0. The maximum absolute atomic E-state index is 12.6. The van der Waals surface area contributed by atoms with E-state index in [9.17, 15) is 9.59 Å². The molecule has 4 heteroatoms. The van der Waals surface area contributed by atoms with Crippen molar-refractivity contribution >= 4 is 11.9 Å². The van der Waals surface area contributed by atoms with E-state index >= 15 is 0 Å². The lowest BCUT2D eigenvalue weighted by Crippen LogP contribution is -2.54. The van der Waals surface area contributed by atoms with Gasteiger partial charge in [-0.05, 0) is 80.1 Å². The van der Waals surface area contributed by atoms with Crippen molar-refractivity contribution in [2.24, 2.45) is 40.9 Å². The van der Waals surface area contributed by atoms with E-state index in [1.165, 1.54) is 50.5 Å². The van der Waals surface area contributed by atoms with Crippen molar-refractivity contribution in [2.75, 3.05) is 6.61 Å². The zero-order valence-electron chi connectivity index (χ0n) is 23.6. The first-order valence-corrected chi connectivity index (χ1v) is 15.5. The number of rotatable bonds is 11. The van der Waals surface area contributed by atoms with Crippen LogP contribution in [-0.2, 0) is 14.3 Å². The fourth-order valence-corrected chi connectivity index (χ4v) is 9.04. The van der Waals surface area contributed by atoms with Gasteiger partial charge in [0.25, 0.3) is 0 Å². The molecule has 0 amide bonds. The molecule has 0 aliphatic heterocycles. The summed E-state index contributed by atoms with van der Waals surface area (Å²) < 4.78 is 11.6. The van der Waals surface area contributed by atoms with Gasteiger partial charge in [0, 0.05) is 11.8 Å². The third-order valence-electron chi connectivity index (χ3n) is 10.7. The molecule has 0 aromatic carbocycles. The average molecular weight is 501 g/mol. The van der Waals surface area contributed by atoms with Gasteiger partial charge in [-0.2, -0.15) is 0 Å². The Hall–Kier alpha value is -1.32. The molecular formula is C32H52O4. The number of ketones is 1. The molecule has 0 saturated heterocycles. The molecular weight excluding hydrogens is 448 g/mol. The molecule has 4 rings (SSSR count). The summed E-state index contributed by atoms with van der Waals surface area (Å²) in [6.07, 6.45) is 18.7. The maximum Gasteiger partial charge on any atom is 0.508 e. The van der Waals surface area contributed by atoms with Crippen LogP contribution in [0, 0.1) is 40.9 Å². The Morgan fingerprint density at radius 3 is 2.44 bits per heavy atom. The van der Waals surface area contributed by atoms with Crippen LogP contribution in [0.3, 0.4) is 0 Å². The number of hydrogen-bond donors (Lipinski definition) is 0. The van der Waals surface area contributed by atoms with Crippen LogP contribution >= 0.6 is 0 Å². The van der Waals surface area contributed by atoms with Gasteiger partial charge in [-0.15, -0.1) is 0 Å². The van der Waals surface area contributed by atoms with Crippen molar-refractivity contribution in [3.63, 3.8) is 0 Å². The monoisotopic (exact) mass is 500 g/mol. The van der Waals surface area contributed by atoms with Gasteiger partial charge in [0.1, 0.15) is 6.10 Å². The lowest BCUT2D eigenvalue weighted by atomic mass is 9.46. The predicted octanol–water partition coefficient (Wildman–Crippen LogP) is 8.67. The Morgan fingerprint density at radius 2 is 1.72 bits per heavy atom. The van der Waals surface area contributed by atoms with E-state index in [0.717, 1.165) is 51.4 Å². The van der Waals surface area contributed by atoms with Gasteiger partial charge >= 0.3 is 6.16 Å². The van der Waals surface area contributed by atoms with E-state index in [1.54, 1.807) is 0 Å². The minimum Gasteiger partial charge on any atom is -0.434 e. The van der Waals surface area contributed by atoms with Gasteiger partial charge in [-0.1, -0.05) is 84.6 Å². The summed E-state index contributed by atoms with van der Waals surface area (Å²) in [5.74, 6) is 4.12. The highest BCUT2D eigenvalue weighted by molar-refractivity contribution is 5.91. The molecule has 0 heterocycles. The summed E-state index contributed by atoms with van der Waals surface area (Å²) in [5.41, 5.74) is 1.49. The first-order valence-electron chi connectivity index (χ1n) is 15.5. The van der Waals surface area contributed by atoms with Gasteiger partial charge in [0.2, 0.25) is 0 Å². The summed E-state index contributed by atoms with van der Waals surface area (Å²) in [6, 6.07) is 0. The topological polar surface area (TPSA) is 52.6 Å². The maximum atomic E-state index is 12.6. The number of carbonyl (C=O) groups is 2. The van der Waals surface area contributed by atoms with Crippen LogP contribution in [0.25, 0.3) is 0 Å². The Morgan fingerprint density at radius 1 is 1.00 bits per heavy atom. The first-order chi connectivity index (χ1) is 17.4. The number of ether oxygens (including phenoxy) is 2. The second-order valence-corrected chi connectivity index (χ2v) is 12.9. The van der Waals surface area contributed by atoms with Crippen LogP contribution in [0.15, 0.2) is 11.6 Å². The quantitative estimate of drug-likeness (QED) is 0.210. The molecule has 3 saturated carbocycles. The zero-order chi connectivity index (χ0) is 25.7. The minimum atomic E-state index is -0.453. The van der Waals surface area contributed by atoms with E-state index in [0.29, 0.717) is 47.9 Å². The second kappa shape index (κ2) is 12.5. The summed E-state index contributed by atoms with van der Waals surface area (Å²) >= 11 is 0. The first kappa shape index (κ1) is 27.7. The average Bonchev–Trinajstić information content (AvgIpc) is 3.17. The van der Waals surface area contributed by atoms with Crippen molar-refractivity contribution in [2.45, 2.75) is 130 Å². The van der Waals surface area contributed by atoms with E-state index < -0.39 is 6.16 Å². The van der Waals surface area contributed by atoms with E-state index in [-0.39, 0.29) is 11.5 Å².